The molecule has 0 aliphatic carbocycles. The Kier molecular flexibility index (Phi) is 8.58. The van der Waals surface area contributed by atoms with Crippen LogP contribution in [-0.4, -0.2) is 58.0 Å². The highest BCUT2D eigenvalue weighted by atomic mass is 35.5. The number of nitrogens with one attached hydrogen (secondary N) is 1. The Hall–Kier alpha value is -1.11. The Labute approximate surface area is 144 Å². The first-order chi connectivity index (χ1) is 10.6. The fourth-order valence-corrected chi connectivity index (χ4v) is 3.22. The number of carbonyl (C=O) groups is 1. The monoisotopic (exact) mass is 344 g/mol. The van der Waals surface area contributed by atoms with Gasteiger partial charge >= 0.3 is 0 Å². The van der Waals surface area contributed by atoms with Gasteiger partial charge in [0.1, 0.15) is 6.54 Å². The molecule has 0 saturated carbocycles. The van der Waals surface area contributed by atoms with Crippen LogP contribution in [0.2, 0.25) is 0 Å². The van der Waals surface area contributed by atoms with Gasteiger partial charge in [-0.2, -0.15) is 5.10 Å². The van der Waals surface area contributed by atoms with Crippen LogP contribution in [0.4, 0.5) is 0 Å². The number of likely N-dealkylation sites (tertiary alicyclic amines) is 1. The number of nitrogens with zero attached hydrogens (tertiary/aromatic N) is 3. The summed E-state index contributed by atoms with van der Waals surface area (Å²) in [6, 6.07) is 0.211. The number of aliphatic hydroxyl groups is 1. The lowest BCUT2D eigenvalue weighted by molar-refractivity contribution is -0.122. The van der Waals surface area contributed by atoms with Crippen LogP contribution in [-0.2, 0) is 11.3 Å². The number of carbonyl (C=O) groups excluding carboxylic acids is 1. The molecule has 23 heavy (non-hydrogen) atoms. The van der Waals surface area contributed by atoms with Gasteiger partial charge in [-0.25, -0.2) is 0 Å². The van der Waals surface area contributed by atoms with E-state index >= 15 is 0 Å². The van der Waals surface area contributed by atoms with Crippen LogP contribution in [0.5, 0.6) is 0 Å². The van der Waals surface area contributed by atoms with Crippen LogP contribution >= 0.6 is 12.4 Å². The van der Waals surface area contributed by atoms with Gasteiger partial charge in [0.05, 0.1) is 6.20 Å². The molecule has 1 aliphatic heterocycles. The van der Waals surface area contributed by atoms with Crippen molar-refractivity contribution in [1.29, 1.82) is 0 Å². The predicted molar refractivity (Wildman–Crippen MR) is 92.7 cm³/mol. The maximum Gasteiger partial charge on any atom is 0.242 e. The lowest BCUT2D eigenvalue weighted by Crippen LogP contribution is -2.42. The van der Waals surface area contributed by atoms with Crippen molar-refractivity contribution in [3.8, 4) is 0 Å². The zero-order chi connectivity index (χ0) is 15.9. The van der Waals surface area contributed by atoms with Gasteiger partial charge in [-0.05, 0) is 31.2 Å². The molecule has 132 valence electrons. The fourth-order valence-electron chi connectivity index (χ4n) is 3.22. The molecule has 0 unspecified atom stereocenters. The second-order valence-corrected chi connectivity index (χ2v) is 6.27. The quantitative estimate of drug-likeness (QED) is 0.743. The van der Waals surface area contributed by atoms with E-state index in [0.29, 0.717) is 5.92 Å². The van der Waals surface area contributed by atoms with Crippen molar-refractivity contribution >= 4 is 18.3 Å². The van der Waals surface area contributed by atoms with E-state index in [1.807, 2.05) is 13.1 Å². The van der Waals surface area contributed by atoms with E-state index in [1.54, 1.807) is 10.9 Å². The maximum absolute atomic E-state index is 12.2. The van der Waals surface area contributed by atoms with Crippen molar-refractivity contribution in [1.82, 2.24) is 20.0 Å². The molecular weight excluding hydrogens is 316 g/mol. The molecular formula is C16H29ClN4O2. The van der Waals surface area contributed by atoms with Gasteiger partial charge < -0.3 is 15.3 Å². The minimum Gasteiger partial charge on any atom is -0.396 e. The standard InChI is InChI=1S/C16H28N4O2.ClH/c1-3-5-14-10-19(6-4-7-21)11-15(14)18-16(22)12-20-9-13(2)8-17-20;/h8-9,14-15,21H,3-7,10-12H2,1-2H3,(H,18,22);1H/t14-,15-;/m0./s1. The number of hydrogen-bond donors (Lipinski definition) is 2. The van der Waals surface area contributed by atoms with Gasteiger partial charge in [-0.3, -0.25) is 9.48 Å². The smallest absolute Gasteiger partial charge is 0.242 e. The van der Waals surface area contributed by atoms with Crippen molar-refractivity contribution in [3.63, 3.8) is 0 Å². The average Bonchev–Trinajstić information content (AvgIpc) is 3.04. The van der Waals surface area contributed by atoms with E-state index in [9.17, 15) is 4.79 Å². The van der Waals surface area contributed by atoms with E-state index in [-0.39, 0.29) is 37.5 Å². The summed E-state index contributed by atoms with van der Waals surface area (Å²) in [5.41, 5.74) is 1.06. The van der Waals surface area contributed by atoms with Gasteiger partial charge in [0.25, 0.3) is 0 Å². The summed E-state index contributed by atoms with van der Waals surface area (Å²) >= 11 is 0. The predicted octanol–water partition coefficient (Wildman–Crippen LogP) is 1.21. The van der Waals surface area contributed by atoms with Crippen LogP contribution in [0.15, 0.2) is 12.4 Å². The number of hydrogen-bond acceptors (Lipinski definition) is 4. The van der Waals surface area contributed by atoms with Crippen molar-refractivity contribution in [2.75, 3.05) is 26.2 Å². The van der Waals surface area contributed by atoms with Crippen molar-refractivity contribution in [2.24, 2.45) is 5.92 Å². The molecule has 1 aromatic heterocycles. The number of aromatic nitrogens is 2. The lowest BCUT2D eigenvalue weighted by atomic mass is 9.98. The highest BCUT2D eigenvalue weighted by Crippen LogP contribution is 2.22. The van der Waals surface area contributed by atoms with Gasteiger partial charge in [-0.15, -0.1) is 12.4 Å². The van der Waals surface area contributed by atoms with Gasteiger partial charge in [0, 0.05) is 38.5 Å². The van der Waals surface area contributed by atoms with Crippen LogP contribution in [0, 0.1) is 12.8 Å². The van der Waals surface area contributed by atoms with Crippen LogP contribution < -0.4 is 5.32 Å². The van der Waals surface area contributed by atoms with E-state index in [4.69, 9.17) is 5.11 Å². The van der Waals surface area contributed by atoms with E-state index < -0.39 is 0 Å². The summed E-state index contributed by atoms with van der Waals surface area (Å²) in [4.78, 5) is 14.6. The minimum absolute atomic E-state index is 0. The third-order valence-corrected chi connectivity index (χ3v) is 4.22. The third-order valence-electron chi connectivity index (χ3n) is 4.22. The topological polar surface area (TPSA) is 70.4 Å². The maximum atomic E-state index is 12.2. The molecule has 1 saturated heterocycles. The molecule has 2 rings (SSSR count). The minimum atomic E-state index is 0. The lowest BCUT2D eigenvalue weighted by Gasteiger charge is -2.19. The Morgan fingerprint density at radius 3 is 2.87 bits per heavy atom. The Balaban J connectivity index is 0.00000264. The van der Waals surface area contributed by atoms with Gasteiger partial charge in [0.15, 0.2) is 0 Å². The molecule has 2 N–H and O–H groups in total. The number of amides is 1. The zero-order valence-corrected chi connectivity index (χ0v) is 14.9. The average molecular weight is 345 g/mol. The molecule has 0 radical (unpaired) electrons. The third kappa shape index (κ3) is 6.12. The first-order valence-corrected chi connectivity index (χ1v) is 8.24. The summed E-state index contributed by atoms with van der Waals surface area (Å²) in [5, 5.41) is 16.3. The molecule has 0 bridgehead atoms. The number of halogens is 1. The molecule has 1 fully saturated rings. The second kappa shape index (κ2) is 9.90. The van der Waals surface area contributed by atoms with Gasteiger partial charge in [0.2, 0.25) is 5.91 Å². The molecule has 1 aliphatic rings. The fraction of sp³-hybridized carbons (Fsp3) is 0.750. The summed E-state index contributed by atoms with van der Waals surface area (Å²) in [6.45, 7) is 7.45. The molecule has 2 heterocycles. The van der Waals surface area contributed by atoms with Gasteiger partial charge in [-0.1, -0.05) is 13.3 Å². The Morgan fingerprint density at radius 1 is 1.48 bits per heavy atom. The highest BCUT2D eigenvalue weighted by Gasteiger charge is 2.32. The molecule has 7 heteroatoms. The number of rotatable bonds is 8. The van der Waals surface area contributed by atoms with Crippen LogP contribution in [0.25, 0.3) is 0 Å². The second-order valence-electron chi connectivity index (χ2n) is 6.27. The summed E-state index contributed by atoms with van der Waals surface area (Å²) in [6.07, 6.45) is 6.70. The first-order valence-electron chi connectivity index (χ1n) is 8.24. The van der Waals surface area contributed by atoms with Crippen LogP contribution in [0.3, 0.4) is 0 Å². The summed E-state index contributed by atoms with van der Waals surface area (Å²) in [5.74, 6) is 0.533. The SMILES string of the molecule is CCC[C@H]1CN(CCCO)C[C@@H]1NC(=O)Cn1cc(C)cn1.Cl. The van der Waals surface area contributed by atoms with E-state index in [2.05, 4.69) is 22.2 Å². The van der Waals surface area contributed by atoms with E-state index in [0.717, 1.165) is 44.5 Å². The van der Waals surface area contributed by atoms with Crippen LogP contribution in [0.1, 0.15) is 31.7 Å². The number of aliphatic hydroxyl groups excluding tert-OH is 1. The summed E-state index contributed by atoms with van der Waals surface area (Å²) in [7, 11) is 0. The Morgan fingerprint density at radius 2 is 2.26 bits per heavy atom. The molecule has 6 nitrogen and oxygen atoms in total. The Bertz CT molecular complexity index is 480. The zero-order valence-electron chi connectivity index (χ0n) is 14.1. The van der Waals surface area contributed by atoms with Crippen molar-refractivity contribution in [2.45, 2.75) is 45.7 Å². The number of aryl methyl sites for hydroxylation is 1. The highest BCUT2D eigenvalue weighted by molar-refractivity contribution is 5.85. The molecule has 0 aromatic carbocycles. The molecule has 1 aromatic rings. The largest absolute Gasteiger partial charge is 0.396 e. The summed E-state index contributed by atoms with van der Waals surface area (Å²) < 4.78 is 1.68. The van der Waals surface area contributed by atoms with Crippen molar-refractivity contribution < 1.29 is 9.90 Å². The molecule has 1 amide bonds. The van der Waals surface area contributed by atoms with E-state index in [1.165, 1.54) is 0 Å². The first kappa shape index (κ1) is 19.9. The molecule has 0 spiro atoms. The van der Waals surface area contributed by atoms with Crippen molar-refractivity contribution in [3.05, 3.63) is 18.0 Å². The normalized spacial score (nSPS) is 21.2. The molecule has 2 atom stereocenters.